The van der Waals surface area contributed by atoms with Crippen molar-refractivity contribution in [1.29, 1.82) is 0 Å². The summed E-state index contributed by atoms with van der Waals surface area (Å²) in [4.78, 5) is 18.9. The molecule has 1 aliphatic heterocycles. The van der Waals surface area contributed by atoms with Crippen LogP contribution in [0.3, 0.4) is 0 Å². The van der Waals surface area contributed by atoms with Gasteiger partial charge in [-0.15, -0.1) is 0 Å². The predicted molar refractivity (Wildman–Crippen MR) is 121 cm³/mol. The third-order valence-electron chi connectivity index (χ3n) is 5.15. The smallest absolute Gasteiger partial charge is 0.253 e. The summed E-state index contributed by atoms with van der Waals surface area (Å²) in [6.45, 7) is 12.9. The van der Waals surface area contributed by atoms with E-state index in [9.17, 15) is 4.79 Å². The van der Waals surface area contributed by atoms with Crippen LogP contribution in [0.2, 0.25) is 0 Å². The highest BCUT2D eigenvalue weighted by molar-refractivity contribution is 5.94. The first-order valence-corrected chi connectivity index (χ1v) is 11.2. The molecule has 0 saturated carbocycles. The zero-order valence-electron chi connectivity index (χ0n) is 18.8. The van der Waals surface area contributed by atoms with Gasteiger partial charge in [-0.1, -0.05) is 12.1 Å². The second-order valence-corrected chi connectivity index (χ2v) is 7.45. The van der Waals surface area contributed by atoms with Gasteiger partial charge in [0, 0.05) is 50.9 Å². The third-order valence-corrected chi connectivity index (χ3v) is 5.15. The standard InChI is InChI=1S/C23H38N4O3/c1-4-24-23(25-13-7-14-29-17-20-12-15-30-18-20)26-16-19-8-10-21(11-9-19)22(28)27(5-2)6-3/h8-11,20H,4-7,12-18H2,1-3H3,(H2,24,25,26). The number of carbonyl (C=O) groups is 1. The maximum absolute atomic E-state index is 12.4. The fourth-order valence-corrected chi connectivity index (χ4v) is 3.30. The lowest BCUT2D eigenvalue weighted by molar-refractivity contribution is 0.0773. The number of nitrogens with one attached hydrogen (secondary N) is 2. The van der Waals surface area contributed by atoms with Crippen molar-refractivity contribution in [3.63, 3.8) is 0 Å². The molecule has 2 N–H and O–H groups in total. The van der Waals surface area contributed by atoms with Crippen molar-refractivity contribution in [2.75, 3.05) is 52.6 Å². The quantitative estimate of drug-likeness (QED) is 0.310. The number of hydrogen-bond donors (Lipinski definition) is 2. The van der Waals surface area contributed by atoms with Crippen LogP contribution in [0.5, 0.6) is 0 Å². The van der Waals surface area contributed by atoms with Crippen LogP contribution in [0.15, 0.2) is 29.3 Å². The van der Waals surface area contributed by atoms with E-state index in [1.807, 2.05) is 43.0 Å². The number of carbonyl (C=O) groups excluding carboxylic acids is 1. The lowest BCUT2D eigenvalue weighted by Gasteiger charge is -2.18. The van der Waals surface area contributed by atoms with Gasteiger partial charge in [0.15, 0.2) is 5.96 Å². The molecule has 1 fully saturated rings. The first-order chi connectivity index (χ1) is 14.7. The van der Waals surface area contributed by atoms with Crippen LogP contribution in [-0.2, 0) is 16.0 Å². The average molecular weight is 419 g/mol. The van der Waals surface area contributed by atoms with E-state index in [0.29, 0.717) is 12.5 Å². The van der Waals surface area contributed by atoms with E-state index in [4.69, 9.17) is 9.47 Å². The summed E-state index contributed by atoms with van der Waals surface area (Å²) >= 11 is 0. The molecule has 168 valence electrons. The van der Waals surface area contributed by atoms with Gasteiger partial charge in [-0.05, 0) is 51.3 Å². The molecule has 1 aromatic rings. The number of rotatable bonds is 12. The summed E-state index contributed by atoms with van der Waals surface area (Å²) in [5, 5.41) is 6.62. The fourth-order valence-electron chi connectivity index (χ4n) is 3.30. The van der Waals surface area contributed by atoms with Crippen molar-refractivity contribution in [3.8, 4) is 0 Å². The van der Waals surface area contributed by atoms with Gasteiger partial charge < -0.3 is 25.0 Å². The van der Waals surface area contributed by atoms with Crippen LogP contribution in [0.1, 0.15) is 49.5 Å². The molecule has 1 amide bonds. The van der Waals surface area contributed by atoms with E-state index >= 15 is 0 Å². The van der Waals surface area contributed by atoms with Crippen LogP contribution in [0, 0.1) is 5.92 Å². The zero-order valence-corrected chi connectivity index (χ0v) is 18.8. The third kappa shape index (κ3) is 8.32. The highest BCUT2D eigenvalue weighted by Gasteiger charge is 2.15. The van der Waals surface area contributed by atoms with Crippen molar-refractivity contribution in [2.24, 2.45) is 10.9 Å². The molecule has 7 nitrogen and oxygen atoms in total. The molecule has 0 aliphatic carbocycles. The minimum Gasteiger partial charge on any atom is -0.381 e. The van der Waals surface area contributed by atoms with E-state index in [0.717, 1.165) is 82.5 Å². The first kappa shape index (κ1) is 24.2. The minimum atomic E-state index is 0.0766. The van der Waals surface area contributed by atoms with E-state index in [1.54, 1.807) is 0 Å². The van der Waals surface area contributed by atoms with Gasteiger partial charge in [0.2, 0.25) is 0 Å². The van der Waals surface area contributed by atoms with Gasteiger partial charge in [0.25, 0.3) is 5.91 Å². The Bertz CT molecular complexity index is 638. The van der Waals surface area contributed by atoms with Crippen molar-refractivity contribution >= 4 is 11.9 Å². The van der Waals surface area contributed by atoms with E-state index in [-0.39, 0.29) is 5.91 Å². The molecule has 1 atom stereocenters. The number of benzene rings is 1. The lowest BCUT2D eigenvalue weighted by atomic mass is 10.1. The van der Waals surface area contributed by atoms with Gasteiger partial charge in [0.05, 0.1) is 19.8 Å². The molecule has 2 rings (SSSR count). The van der Waals surface area contributed by atoms with Crippen molar-refractivity contribution < 1.29 is 14.3 Å². The number of ether oxygens (including phenoxy) is 2. The molecule has 1 heterocycles. The molecule has 7 heteroatoms. The van der Waals surface area contributed by atoms with Crippen molar-refractivity contribution in [2.45, 2.75) is 40.2 Å². The second-order valence-electron chi connectivity index (χ2n) is 7.45. The summed E-state index contributed by atoms with van der Waals surface area (Å²) in [7, 11) is 0. The summed E-state index contributed by atoms with van der Waals surface area (Å²) in [5.41, 5.74) is 1.80. The molecule has 1 unspecified atom stereocenters. The van der Waals surface area contributed by atoms with Gasteiger partial charge in [-0.25, -0.2) is 4.99 Å². The van der Waals surface area contributed by atoms with Crippen LogP contribution < -0.4 is 10.6 Å². The summed E-state index contributed by atoms with van der Waals surface area (Å²) in [6, 6.07) is 7.73. The SMILES string of the molecule is CCNC(=NCc1ccc(C(=O)N(CC)CC)cc1)NCCCOCC1CCOC1. The first-order valence-electron chi connectivity index (χ1n) is 11.2. The van der Waals surface area contributed by atoms with Crippen LogP contribution in [0.4, 0.5) is 0 Å². The zero-order chi connectivity index (χ0) is 21.6. The van der Waals surface area contributed by atoms with Gasteiger partial charge >= 0.3 is 0 Å². The molecule has 0 bridgehead atoms. The molecule has 0 radical (unpaired) electrons. The van der Waals surface area contributed by atoms with Gasteiger partial charge in [0.1, 0.15) is 0 Å². The molecule has 1 aromatic carbocycles. The highest BCUT2D eigenvalue weighted by Crippen LogP contribution is 2.12. The number of nitrogens with zero attached hydrogens (tertiary/aromatic N) is 2. The number of guanidine groups is 1. The topological polar surface area (TPSA) is 75.2 Å². The molecule has 30 heavy (non-hydrogen) atoms. The van der Waals surface area contributed by atoms with E-state index in [2.05, 4.69) is 22.5 Å². The highest BCUT2D eigenvalue weighted by atomic mass is 16.5. The Balaban J connectivity index is 1.74. The molecular weight excluding hydrogens is 380 g/mol. The minimum absolute atomic E-state index is 0.0766. The Hall–Kier alpha value is -2.12. The number of aliphatic imine (C=N–C) groups is 1. The largest absolute Gasteiger partial charge is 0.381 e. The Kier molecular flexibility index (Phi) is 11.3. The molecule has 0 aromatic heterocycles. The maximum atomic E-state index is 12.4. The Morgan fingerprint density at radius 1 is 1.20 bits per heavy atom. The molecule has 0 spiro atoms. The monoisotopic (exact) mass is 418 g/mol. The fraction of sp³-hybridized carbons (Fsp3) is 0.652. The van der Waals surface area contributed by atoms with E-state index in [1.165, 1.54) is 0 Å². The van der Waals surface area contributed by atoms with Crippen molar-refractivity contribution in [1.82, 2.24) is 15.5 Å². The molecule has 1 saturated heterocycles. The average Bonchev–Trinajstić information content (AvgIpc) is 3.29. The Morgan fingerprint density at radius 2 is 1.97 bits per heavy atom. The summed E-state index contributed by atoms with van der Waals surface area (Å²) in [5.74, 6) is 1.43. The number of amides is 1. The second kappa shape index (κ2) is 14.0. The van der Waals surface area contributed by atoms with Crippen molar-refractivity contribution in [3.05, 3.63) is 35.4 Å². The maximum Gasteiger partial charge on any atom is 0.253 e. The molecule has 1 aliphatic rings. The summed E-state index contributed by atoms with van der Waals surface area (Å²) in [6.07, 6.45) is 2.04. The number of hydrogen-bond acceptors (Lipinski definition) is 4. The summed E-state index contributed by atoms with van der Waals surface area (Å²) < 4.78 is 11.1. The molecular formula is C23H38N4O3. The van der Waals surface area contributed by atoms with Gasteiger partial charge in [-0.2, -0.15) is 0 Å². The lowest BCUT2D eigenvalue weighted by Crippen LogP contribution is -2.38. The Morgan fingerprint density at radius 3 is 2.60 bits per heavy atom. The van der Waals surface area contributed by atoms with Gasteiger partial charge in [-0.3, -0.25) is 4.79 Å². The normalized spacial score (nSPS) is 16.5. The predicted octanol–water partition coefficient (Wildman–Crippen LogP) is 2.67. The van der Waals surface area contributed by atoms with Crippen LogP contribution in [0.25, 0.3) is 0 Å². The Labute approximate surface area is 181 Å². The van der Waals surface area contributed by atoms with E-state index < -0.39 is 0 Å². The van der Waals surface area contributed by atoms with Crippen LogP contribution in [-0.4, -0.2) is 69.4 Å². The van der Waals surface area contributed by atoms with Crippen LogP contribution >= 0.6 is 0 Å².